The molecule has 1 aliphatic heterocycles. The predicted molar refractivity (Wildman–Crippen MR) is 79.7 cm³/mol. The average Bonchev–Trinajstić information content (AvgIpc) is 2.56. The molecular weight excluding hydrogens is 282 g/mol. The van der Waals surface area contributed by atoms with Crippen LogP contribution >= 0.6 is 0 Å². The highest BCUT2D eigenvalue weighted by atomic mass is 16.5. The number of carbonyl (C=O) groups excluding carboxylic acids is 2. The summed E-state index contributed by atoms with van der Waals surface area (Å²) in [5.41, 5.74) is 0.348. The van der Waals surface area contributed by atoms with Crippen molar-refractivity contribution in [1.82, 2.24) is 15.2 Å². The van der Waals surface area contributed by atoms with Crippen LogP contribution in [0.15, 0.2) is 48.7 Å². The van der Waals surface area contributed by atoms with Crippen molar-refractivity contribution in [3.8, 4) is 11.6 Å². The molecule has 2 aromatic rings. The quantitative estimate of drug-likeness (QED) is 0.930. The minimum absolute atomic E-state index is 0.0541. The zero-order valence-electron chi connectivity index (χ0n) is 11.9. The number of pyridine rings is 1. The summed E-state index contributed by atoms with van der Waals surface area (Å²) >= 11 is 0. The van der Waals surface area contributed by atoms with Gasteiger partial charge in [-0.3, -0.25) is 9.59 Å². The van der Waals surface area contributed by atoms with E-state index in [9.17, 15) is 9.59 Å². The minimum Gasteiger partial charge on any atom is -0.438 e. The number of hydrogen-bond acceptors (Lipinski definition) is 4. The summed E-state index contributed by atoms with van der Waals surface area (Å²) in [6.45, 7) is 0.989. The molecule has 3 rings (SSSR count). The molecule has 0 spiro atoms. The van der Waals surface area contributed by atoms with Crippen molar-refractivity contribution in [2.75, 3.05) is 19.6 Å². The molecule has 0 unspecified atom stereocenters. The Labute approximate surface area is 127 Å². The smallest absolute Gasteiger partial charge is 0.259 e. The van der Waals surface area contributed by atoms with Gasteiger partial charge in [-0.15, -0.1) is 0 Å². The lowest BCUT2D eigenvalue weighted by Crippen LogP contribution is -2.50. The van der Waals surface area contributed by atoms with Crippen LogP contribution in [0.1, 0.15) is 10.4 Å². The predicted octanol–water partition coefficient (Wildman–Crippen LogP) is 1.45. The number of para-hydroxylation sites is 1. The molecule has 6 heteroatoms. The maximum Gasteiger partial charge on any atom is 0.259 e. The Morgan fingerprint density at radius 1 is 1.18 bits per heavy atom. The van der Waals surface area contributed by atoms with Gasteiger partial charge >= 0.3 is 0 Å². The first-order valence-electron chi connectivity index (χ1n) is 6.98. The number of rotatable bonds is 3. The van der Waals surface area contributed by atoms with E-state index in [4.69, 9.17) is 4.74 Å². The number of hydrogen-bond donors (Lipinski definition) is 1. The van der Waals surface area contributed by atoms with Gasteiger partial charge in [0.15, 0.2) is 0 Å². The van der Waals surface area contributed by atoms with Gasteiger partial charge in [-0.2, -0.15) is 0 Å². The number of ether oxygens (including phenoxy) is 1. The summed E-state index contributed by atoms with van der Waals surface area (Å²) in [5.74, 6) is 0.430. The van der Waals surface area contributed by atoms with E-state index in [0.29, 0.717) is 24.4 Å². The molecule has 1 aliphatic rings. The van der Waals surface area contributed by atoms with Crippen LogP contribution < -0.4 is 10.1 Å². The number of amides is 2. The Bertz CT molecular complexity index is 688. The van der Waals surface area contributed by atoms with E-state index in [1.807, 2.05) is 18.2 Å². The molecule has 1 aromatic heterocycles. The van der Waals surface area contributed by atoms with Gasteiger partial charge in [0, 0.05) is 19.3 Å². The third-order valence-electron chi connectivity index (χ3n) is 3.28. The largest absolute Gasteiger partial charge is 0.438 e. The lowest BCUT2D eigenvalue weighted by Gasteiger charge is -2.27. The average molecular weight is 297 g/mol. The van der Waals surface area contributed by atoms with Crippen LogP contribution in [0.4, 0.5) is 0 Å². The number of piperazine rings is 1. The summed E-state index contributed by atoms with van der Waals surface area (Å²) in [6, 6.07) is 12.5. The van der Waals surface area contributed by atoms with E-state index < -0.39 is 0 Å². The number of carbonyl (C=O) groups is 2. The second-order valence-electron chi connectivity index (χ2n) is 4.85. The molecule has 0 atom stereocenters. The minimum atomic E-state index is -0.256. The summed E-state index contributed by atoms with van der Waals surface area (Å²) in [4.78, 5) is 29.6. The first kappa shape index (κ1) is 14.1. The van der Waals surface area contributed by atoms with Crippen molar-refractivity contribution < 1.29 is 14.3 Å². The van der Waals surface area contributed by atoms with Gasteiger partial charge in [0.1, 0.15) is 11.3 Å². The third kappa shape index (κ3) is 3.06. The fraction of sp³-hybridized carbons (Fsp3) is 0.188. The Kier molecular flexibility index (Phi) is 4.00. The lowest BCUT2D eigenvalue weighted by atomic mass is 10.2. The van der Waals surface area contributed by atoms with Crippen molar-refractivity contribution >= 4 is 11.8 Å². The molecule has 6 nitrogen and oxygen atoms in total. The SMILES string of the molecule is O=C1CN(C(=O)c2cccnc2Oc2ccccc2)CCN1. The van der Waals surface area contributed by atoms with Crippen LogP contribution in [0.5, 0.6) is 11.6 Å². The van der Waals surface area contributed by atoms with E-state index >= 15 is 0 Å². The van der Waals surface area contributed by atoms with Crippen molar-refractivity contribution in [1.29, 1.82) is 0 Å². The third-order valence-corrected chi connectivity index (χ3v) is 3.28. The molecule has 0 saturated carbocycles. The fourth-order valence-electron chi connectivity index (χ4n) is 2.22. The molecule has 2 amide bonds. The van der Waals surface area contributed by atoms with Crippen molar-refractivity contribution in [2.24, 2.45) is 0 Å². The molecule has 0 bridgehead atoms. The lowest BCUT2D eigenvalue weighted by molar-refractivity contribution is -0.123. The van der Waals surface area contributed by atoms with Crippen molar-refractivity contribution in [3.05, 3.63) is 54.2 Å². The molecule has 112 valence electrons. The zero-order chi connectivity index (χ0) is 15.4. The Balaban J connectivity index is 1.84. The molecule has 1 N–H and O–H groups in total. The first-order chi connectivity index (χ1) is 10.7. The molecular formula is C16H15N3O3. The van der Waals surface area contributed by atoms with E-state index in [-0.39, 0.29) is 24.2 Å². The molecule has 22 heavy (non-hydrogen) atoms. The van der Waals surface area contributed by atoms with E-state index in [1.165, 1.54) is 4.90 Å². The number of benzene rings is 1. The highest BCUT2D eigenvalue weighted by molar-refractivity contribution is 5.98. The standard InChI is InChI=1S/C16H15N3O3/c20-14-11-19(10-9-17-14)16(21)13-7-4-8-18-15(13)22-12-5-2-1-3-6-12/h1-8H,9-11H2,(H,17,20). The molecule has 0 aliphatic carbocycles. The van der Waals surface area contributed by atoms with Crippen molar-refractivity contribution in [3.63, 3.8) is 0 Å². The van der Waals surface area contributed by atoms with Crippen LogP contribution in [-0.2, 0) is 4.79 Å². The summed E-state index contributed by atoms with van der Waals surface area (Å²) in [7, 11) is 0. The monoisotopic (exact) mass is 297 g/mol. The fourth-order valence-corrected chi connectivity index (χ4v) is 2.22. The second-order valence-corrected chi connectivity index (χ2v) is 4.85. The summed E-state index contributed by atoms with van der Waals surface area (Å²) in [5, 5.41) is 2.69. The highest BCUT2D eigenvalue weighted by Gasteiger charge is 2.25. The van der Waals surface area contributed by atoms with Crippen molar-refractivity contribution in [2.45, 2.75) is 0 Å². The maximum atomic E-state index is 12.6. The topological polar surface area (TPSA) is 71.5 Å². The Morgan fingerprint density at radius 3 is 2.77 bits per heavy atom. The molecule has 1 fully saturated rings. The second kappa shape index (κ2) is 6.26. The normalized spacial score (nSPS) is 14.4. The van der Waals surface area contributed by atoms with Crippen LogP contribution in [0.3, 0.4) is 0 Å². The van der Waals surface area contributed by atoms with Crippen LogP contribution in [-0.4, -0.2) is 41.3 Å². The number of nitrogens with one attached hydrogen (secondary N) is 1. The molecule has 1 aromatic carbocycles. The van der Waals surface area contributed by atoms with Gasteiger partial charge in [0.05, 0.1) is 6.54 Å². The maximum absolute atomic E-state index is 12.6. The summed E-state index contributed by atoms with van der Waals surface area (Å²) in [6.07, 6.45) is 1.57. The Morgan fingerprint density at radius 2 is 2.00 bits per heavy atom. The van der Waals surface area contributed by atoms with Crippen LogP contribution in [0.2, 0.25) is 0 Å². The van der Waals surface area contributed by atoms with Gasteiger partial charge in [0.25, 0.3) is 5.91 Å². The van der Waals surface area contributed by atoms with Crippen LogP contribution in [0, 0.1) is 0 Å². The highest BCUT2D eigenvalue weighted by Crippen LogP contribution is 2.23. The number of nitrogens with zero attached hydrogens (tertiary/aromatic N) is 2. The zero-order valence-corrected chi connectivity index (χ0v) is 11.9. The molecule has 2 heterocycles. The van der Waals surface area contributed by atoms with Gasteiger partial charge in [-0.05, 0) is 24.3 Å². The van der Waals surface area contributed by atoms with Crippen LogP contribution in [0.25, 0.3) is 0 Å². The van der Waals surface area contributed by atoms with Gasteiger partial charge < -0.3 is 15.0 Å². The van der Waals surface area contributed by atoms with Gasteiger partial charge in [0.2, 0.25) is 11.8 Å². The van der Waals surface area contributed by atoms with E-state index in [0.717, 1.165) is 0 Å². The number of aromatic nitrogens is 1. The summed E-state index contributed by atoms with van der Waals surface area (Å²) < 4.78 is 5.69. The van der Waals surface area contributed by atoms with E-state index in [2.05, 4.69) is 10.3 Å². The van der Waals surface area contributed by atoms with Gasteiger partial charge in [-0.1, -0.05) is 18.2 Å². The Hall–Kier alpha value is -2.89. The van der Waals surface area contributed by atoms with Gasteiger partial charge in [-0.25, -0.2) is 4.98 Å². The first-order valence-corrected chi connectivity index (χ1v) is 6.98. The van der Waals surface area contributed by atoms with E-state index in [1.54, 1.807) is 30.5 Å². The molecule has 1 saturated heterocycles. The molecule has 0 radical (unpaired) electrons.